The zero-order chi connectivity index (χ0) is 19.0. The van der Waals surface area contributed by atoms with Crippen LogP contribution in [-0.4, -0.2) is 52.5 Å². The average molecular weight is 365 g/mol. The Bertz CT molecular complexity index is 980. The average Bonchev–Trinajstić information content (AvgIpc) is 3.25. The lowest BCUT2D eigenvalue weighted by molar-refractivity contribution is -0.125. The number of carbonyl (C=O) groups is 2. The Morgan fingerprint density at radius 1 is 1.26 bits per heavy atom. The summed E-state index contributed by atoms with van der Waals surface area (Å²) in [5.74, 6) is -0.772. The van der Waals surface area contributed by atoms with Crippen LogP contribution in [0.3, 0.4) is 0 Å². The maximum absolute atomic E-state index is 13.0. The third kappa shape index (κ3) is 3.40. The molecule has 1 aliphatic heterocycles. The molecule has 0 radical (unpaired) electrons. The van der Waals surface area contributed by atoms with Gasteiger partial charge in [0.2, 0.25) is 5.91 Å². The molecule has 0 spiro atoms. The van der Waals surface area contributed by atoms with Gasteiger partial charge in [-0.25, -0.2) is 4.79 Å². The smallest absolute Gasteiger partial charge is 0.352 e. The fraction of sp³-hybridized carbons (Fsp3) is 0.333. The Kier molecular flexibility index (Phi) is 4.58. The van der Waals surface area contributed by atoms with Crippen LogP contribution in [0.5, 0.6) is 0 Å². The van der Waals surface area contributed by atoms with Crippen LogP contribution in [0, 0.1) is 0 Å². The zero-order valence-electron chi connectivity index (χ0n) is 15.2. The number of aromatic amines is 1. The van der Waals surface area contributed by atoms with Crippen molar-refractivity contribution in [3.05, 3.63) is 58.2 Å². The number of aromatic carboxylic acids is 1. The van der Waals surface area contributed by atoms with Gasteiger partial charge in [0.1, 0.15) is 5.69 Å². The van der Waals surface area contributed by atoms with Gasteiger partial charge in [-0.2, -0.15) is 0 Å². The molecule has 2 aromatic rings. The second-order valence-electron chi connectivity index (χ2n) is 7.31. The summed E-state index contributed by atoms with van der Waals surface area (Å²) in [6.45, 7) is 0.891. The third-order valence-corrected chi connectivity index (χ3v) is 5.54. The van der Waals surface area contributed by atoms with Crippen molar-refractivity contribution in [1.82, 2.24) is 15.2 Å². The topological polar surface area (TPSA) is 85.4 Å². The highest BCUT2D eigenvalue weighted by Crippen LogP contribution is 2.32. The summed E-state index contributed by atoms with van der Waals surface area (Å²) in [5, 5.41) is 13.9. The maximum Gasteiger partial charge on any atom is 0.352 e. The molecule has 27 heavy (non-hydrogen) atoms. The van der Waals surface area contributed by atoms with E-state index in [9.17, 15) is 9.59 Å². The number of amides is 1. The van der Waals surface area contributed by atoms with Crippen molar-refractivity contribution in [1.29, 1.82) is 0 Å². The van der Waals surface area contributed by atoms with E-state index in [1.807, 2.05) is 37.4 Å². The molecule has 2 unspecified atom stereocenters. The van der Waals surface area contributed by atoms with Crippen molar-refractivity contribution in [3.8, 4) is 0 Å². The molecule has 6 nitrogen and oxygen atoms in total. The van der Waals surface area contributed by atoms with Crippen LogP contribution in [0.1, 0.15) is 34.8 Å². The molecule has 1 fully saturated rings. The first kappa shape index (κ1) is 17.5. The molecule has 2 heterocycles. The van der Waals surface area contributed by atoms with Crippen molar-refractivity contribution < 1.29 is 14.7 Å². The van der Waals surface area contributed by atoms with Crippen molar-refractivity contribution in [3.63, 3.8) is 0 Å². The summed E-state index contributed by atoms with van der Waals surface area (Å²) in [4.78, 5) is 29.2. The normalized spacial score (nSPS) is 24.6. The molecular formula is C21H23N3O3. The minimum Gasteiger partial charge on any atom is -0.477 e. The molecule has 140 valence electrons. The maximum atomic E-state index is 13.0. The van der Waals surface area contributed by atoms with Gasteiger partial charge in [0.25, 0.3) is 0 Å². The Labute approximate surface area is 157 Å². The molecular weight excluding hydrogens is 342 g/mol. The van der Waals surface area contributed by atoms with Gasteiger partial charge in [0, 0.05) is 11.3 Å². The van der Waals surface area contributed by atoms with Crippen molar-refractivity contribution in [2.45, 2.75) is 30.8 Å². The van der Waals surface area contributed by atoms with Crippen molar-refractivity contribution >= 4 is 24.0 Å². The Morgan fingerprint density at radius 2 is 2.04 bits per heavy atom. The van der Waals surface area contributed by atoms with E-state index in [2.05, 4.69) is 27.3 Å². The number of likely N-dealkylation sites (N-methyl/N-ethyl adjacent to an activating group) is 1. The number of hydrogen-bond donors (Lipinski definition) is 3. The van der Waals surface area contributed by atoms with Gasteiger partial charge in [-0.3, -0.25) is 9.69 Å². The SMILES string of the molecule is CN1CC[C@H](c2ccccc2)C1C(=O)NC1C=c2cc(C(=O)O)[nH]c2=CC1. The third-order valence-electron chi connectivity index (χ3n) is 5.54. The highest BCUT2D eigenvalue weighted by Gasteiger charge is 2.38. The monoisotopic (exact) mass is 365 g/mol. The molecule has 4 rings (SSSR count). The highest BCUT2D eigenvalue weighted by molar-refractivity contribution is 5.86. The van der Waals surface area contributed by atoms with Crippen LogP contribution in [0.2, 0.25) is 0 Å². The first-order chi connectivity index (χ1) is 13.0. The van der Waals surface area contributed by atoms with Crippen LogP contribution in [0.15, 0.2) is 36.4 Å². The first-order valence-electron chi connectivity index (χ1n) is 9.23. The summed E-state index contributed by atoms with van der Waals surface area (Å²) in [6.07, 6.45) is 5.48. The Balaban J connectivity index is 1.53. The van der Waals surface area contributed by atoms with Crippen molar-refractivity contribution in [2.75, 3.05) is 13.6 Å². The second kappa shape index (κ2) is 7.04. The number of carboxylic acids is 1. The standard InChI is InChI=1S/C21H23N3O3/c1-24-10-9-16(13-5-3-2-4-6-13)19(24)20(25)22-15-7-8-17-14(11-15)12-18(23-17)21(26)27/h2-6,8,11-12,15-16,19,23H,7,9-10H2,1H3,(H,22,25)(H,26,27)/t15?,16-,19?/m1/s1. The number of aromatic nitrogens is 1. The largest absolute Gasteiger partial charge is 0.477 e. The highest BCUT2D eigenvalue weighted by atomic mass is 16.4. The fourth-order valence-corrected chi connectivity index (χ4v) is 4.19. The molecule has 1 amide bonds. The number of rotatable bonds is 4. The van der Waals surface area contributed by atoms with E-state index in [1.165, 1.54) is 5.56 Å². The number of carbonyl (C=O) groups excluding carboxylic acids is 1. The van der Waals surface area contributed by atoms with Gasteiger partial charge < -0.3 is 15.4 Å². The van der Waals surface area contributed by atoms with E-state index in [-0.39, 0.29) is 29.6 Å². The molecule has 3 atom stereocenters. The van der Waals surface area contributed by atoms with Crippen LogP contribution in [-0.2, 0) is 4.79 Å². The molecule has 2 aliphatic rings. The predicted octanol–water partition coefficient (Wildman–Crippen LogP) is 0.650. The van der Waals surface area contributed by atoms with Crippen LogP contribution in [0.25, 0.3) is 12.2 Å². The van der Waals surface area contributed by atoms with Crippen LogP contribution >= 0.6 is 0 Å². The van der Waals surface area contributed by atoms with Crippen molar-refractivity contribution in [2.24, 2.45) is 0 Å². The van der Waals surface area contributed by atoms with E-state index in [4.69, 9.17) is 5.11 Å². The number of nitrogens with one attached hydrogen (secondary N) is 2. The minimum absolute atomic E-state index is 0.0240. The number of nitrogens with zero attached hydrogens (tertiary/aromatic N) is 1. The summed E-state index contributed by atoms with van der Waals surface area (Å²) < 4.78 is 0. The van der Waals surface area contributed by atoms with E-state index in [1.54, 1.807) is 6.07 Å². The van der Waals surface area contributed by atoms with Gasteiger partial charge in [0.05, 0.1) is 12.1 Å². The van der Waals surface area contributed by atoms with Gasteiger partial charge in [-0.1, -0.05) is 42.5 Å². The van der Waals surface area contributed by atoms with E-state index < -0.39 is 5.97 Å². The number of fused-ring (bicyclic) bond motifs is 1. The van der Waals surface area contributed by atoms with Gasteiger partial charge in [-0.05, 0) is 43.3 Å². The lowest BCUT2D eigenvalue weighted by Gasteiger charge is -2.26. The predicted molar refractivity (Wildman–Crippen MR) is 103 cm³/mol. The zero-order valence-corrected chi connectivity index (χ0v) is 15.2. The lowest BCUT2D eigenvalue weighted by atomic mass is 9.91. The molecule has 0 bridgehead atoms. The summed E-state index contributed by atoms with van der Waals surface area (Å²) in [6, 6.07) is 11.5. The van der Waals surface area contributed by atoms with Crippen LogP contribution in [0.4, 0.5) is 0 Å². The number of carboxylic acid groups (broad SMARTS) is 1. The van der Waals surface area contributed by atoms with E-state index >= 15 is 0 Å². The second-order valence-corrected chi connectivity index (χ2v) is 7.31. The molecule has 1 aromatic carbocycles. The van der Waals surface area contributed by atoms with Gasteiger partial charge >= 0.3 is 5.97 Å². The van der Waals surface area contributed by atoms with Crippen LogP contribution < -0.4 is 15.9 Å². The van der Waals surface area contributed by atoms with Gasteiger partial charge in [0.15, 0.2) is 0 Å². The van der Waals surface area contributed by atoms with E-state index in [0.29, 0.717) is 6.42 Å². The Hall–Kier alpha value is -2.86. The molecule has 0 saturated carbocycles. The molecule has 6 heteroatoms. The number of benzene rings is 1. The Morgan fingerprint density at radius 3 is 2.78 bits per heavy atom. The minimum atomic E-state index is -0.981. The summed E-state index contributed by atoms with van der Waals surface area (Å²) >= 11 is 0. The lowest BCUT2D eigenvalue weighted by Crippen LogP contribution is -2.48. The number of H-pyrrole nitrogens is 1. The summed E-state index contributed by atoms with van der Waals surface area (Å²) in [5.41, 5.74) is 1.36. The number of likely N-dealkylation sites (tertiary alicyclic amines) is 1. The number of hydrogen-bond acceptors (Lipinski definition) is 3. The molecule has 1 saturated heterocycles. The molecule has 1 aromatic heterocycles. The molecule has 1 aliphatic carbocycles. The molecule has 3 N–H and O–H groups in total. The fourth-order valence-electron chi connectivity index (χ4n) is 4.19. The van der Waals surface area contributed by atoms with Gasteiger partial charge in [-0.15, -0.1) is 0 Å². The van der Waals surface area contributed by atoms with E-state index in [0.717, 1.165) is 23.5 Å². The quantitative estimate of drug-likeness (QED) is 0.743. The summed E-state index contributed by atoms with van der Waals surface area (Å²) in [7, 11) is 1.99. The first-order valence-corrected chi connectivity index (χ1v) is 9.23.